The summed E-state index contributed by atoms with van der Waals surface area (Å²) >= 11 is 0. The van der Waals surface area contributed by atoms with Gasteiger partial charge in [0.1, 0.15) is 0 Å². The quantitative estimate of drug-likeness (QED) is 0.634. The standard InChI is InChI=1S/C12H19N.C2H6/c1-13-9-7-12(8-10-13)11-5-3-2-4-6-11;1-2/h2-3,5,12H,4,6-10H2,1H3;1-2H3. The van der Waals surface area contributed by atoms with Crippen molar-refractivity contribution in [2.75, 3.05) is 20.1 Å². The van der Waals surface area contributed by atoms with Crippen LogP contribution in [0.15, 0.2) is 23.8 Å². The molecule has 1 aliphatic carbocycles. The zero-order valence-electron chi connectivity index (χ0n) is 10.5. The fraction of sp³-hybridized carbons (Fsp3) is 0.714. The first-order valence-corrected chi connectivity index (χ1v) is 6.40. The van der Waals surface area contributed by atoms with E-state index >= 15 is 0 Å². The Kier molecular flexibility index (Phi) is 5.70. The minimum Gasteiger partial charge on any atom is -0.306 e. The molecule has 1 saturated heterocycles. The van der Waals surface area contributed by atoms with Gasteiger partial charge in [-0.1, -0.05) is 37.6 Å². The third-order valence-electron chi connectivity index (χ3n) is 3.29. The minimum atomic E-state index is 0.890. The molecule has 0 aromatic heterocycles. The van der Waals surface area contributed by atoms with Gasteiger partial charge in [0.25, 0.3) is 0 Å². The Morgan fingerprint density at radius 3 is 2.40 bits per heavy atom. The van der Waals surface area contributed by atoms with Crippen molar-refractivity contribution in [3.63, 3.8) is 0 Å². The summed E-state index contributed by atoms with van der Waals surface area (Å²) in [5, 5.41) is 0. The lowest BCUT2D eigenvalue weighted by molar-refractivity contribution is 0.236. The van der Waals surface area contributed by atoms with Crippen molar-refractivity contribution in [3.05, 3.63) is 23.8 Å². The lowest BCUT2D eigenvalue weighted by atomic mass is 9.85. The summed E-state index contributed by atoms with van der Waals surface area (Å²) in [6, 6.07) is 0. The molecular weight excluding hydrogens is 182 g/mol. The third kappa shape index (κ3) is 3.83. The molecule has 0 N–H and O–H groups in total. The highest BCUT2D eigenvalue weighted by Crippen LogP contribution is 2.28. The van der Waals surface area contributed by atoms with Crippen LogP contribution in [0.5, 0.6) is 0 Å². The number of likely N-dealkylation sites (tertiary alicyclic amines) is 1. The molecule has 0 atom stereocenters. The molecule has 1 fully saturated rings. The SMILES string of the molecule is CC.CN1CCC(C2=CC=CCC2)CC1. The highest BCUT2D eigenvalue weighted by atomic mass is 15.1. The molecule has 1 heterocycles. The maximum Gasteiger partial charge on any atom is -0.00161 e. The van der Waals surface area contributed by atoms with Crippen LogP contribution in [0, 0.1) is 5.92 Å². The van der Waals surface area contributed by atoms with Crippen LogP contribution in [0.25, 0.3) is 0 Å². The molecule has 0 spiro atoms. The molecule has 0 bridgehead atoms. The molecule has 1 heteroatoms. The summed E-state index contributed by atoms with van der Waals surface area (Å²) < 4.78 is 0. The molecule has 0 aromatic carbocycles. The molecule has 0 radical (unpaired) electrons. The Balaban J connectivity index is 0.000000531. The van der Waals surface area contributed by atoms with E-state index in [1.165, 1.54) is 38.8 Å². The first kappa shape index (κ1) is 12.5. The molecule has 2 rings (SSSR count). The molecule has 1 aliphatic heterocycles. The summed E-state index contributed by atoms with van der Waals surface area (Å²) in [6.07, 6.45) is 12.2. The maximum atomic E-state index is 2.44. The van der Waals surface area contributed by atoms with Gasteiger partial charge in [-0.3, -0.25) is 0 Å². The normalized spacial score (nSPS) is 23.0. The number of piperidine rings is 1. The van der Waals surface area contributed by atoms with E-state index in [1.807, 2.05) is 13.8 Å². The highest BCUT2D eigenvalue weighted by molar-refractivity contribution is 5.20. The Labute approximate surface area is 94.9 Å². The van der Waals surface area contributed by atoms with Crippen molar-refractivity contribution < 1.29 is 0 Å². The first-order chi connectivity index (χ1) is 7.36. The molecule has 2 aliphatic rings. The van der Waals surface area contributed by atoms with Crippen molar-refractivity contribution in [2.45, 2.75) is 39.5 Å². The van der Waals surface area contributed by atoms with Gasteiger partial charge in [0, 0.05) is 0 Å². The number of rotatable bonds is 1. The topological polar surface area (TPSA) is 3.24 Å². The number of allylic oxidation sites excluding steroid dienone is 4. The smallest absolute Gasteiger partial charge is 0.00161 e. The van der Waals surface area contributed by atoms with Crippen LogP contribution in [0.1, 0.15) is 39.5 Å². The van der Waals surface area contributed by atoms with Crippen molar-refractivity contribution in [1.82, 2.24) is 4.90 Å². The lowest BCUT2D eigenvalue weighted by Gasteiger charge is -2.31. The summed E-state index contributed by atoms with van der Waals surface area (Å²) in [7, 11) is 2.23. The van der Waals surface area contributed by atoms with E-state index in [0.29, 0.717) is 0 Å². The van der Waals surface area contributed by atoms with E-state index in [9.17, 15) is 0 Å². The predicted octanol–water partition coefficient (Wildman–Crippen LogP) is 3.63. The van der Waals surface area contributed by atoms with Crippen LogP contribution in [-0.2, 0) is 0 Å². The van der Waals surface area contributed by atoms with Gasteiger partial charge < -0.3 is 4.90 Å². The largest absolute Gasteiger partial charge is 0.306 e. The molecule has 0 amide bonds. The van der Waals surface area contributed by atoms with Crippen molar-refractivity contribution in [1.29, 1.82) is 0 Å². The fourth-order valence-electron chi connectivity index (χ4n) is 2.34. The second kappa shape index (κ2) is 6.84. The van der Waals surface area contributed by atoms with Crippen molar-refractivity contribution in [3.8, 4) is 0 Å². The maximum absolute atomic E-state index is 2.44. The molecule has 1 nitrogen and oxygen atoms in total. The van der Waals surface area contributed by atoms with Gasteiger partial charge in [-0.25, -0.2) is 0 Å². The van der Waals surface area contributed by atoms with E-state index in [1.54, 1.807) is 5.57 Å². The predicted molar refractivity (Wildman–Crippen MR) is 68.0 cm³/mol. The average molecular weight is 207 g/mol. The fourth-order valence-corrected chi connectivity index (χ4v) is 2.34. The van der Waals surface area contributed by atoms with E-state index in [2.05, 4.69) is 30.2 Å². The zero-order valence-corrected chi connectivity index (χ0v) is 10.5. The van der Waals surface area contributed by atoms with Crippen LogP contribution in [0.4, 0.5) is 0 Å². The summed E-state index contributed by atoms with van der Waals surface area (Å²) in [6.45, 7) is 6.57. The lowest BCUT2D eigenvalue weighted by Crippen LogP contribution is -2.31. The van der Waals surface area contributed by atoms with E-state index in [0.717, 1.165) is 5.92 Å². The number of hydrogen-bond donors (Lipinski definition) is 0. The van der Waals surface area contributed by atoms with Crippen molar-refractivity contribution in [2.24, 2.45) is 5.92 Å². The van der Waals surface area contributed by atoms with Gasteiger partial charge in [-0.15, -0.1) is 0 Å². The molecule has 0 saturated carbocycles. The molecule has 0 unspecified atom stereocenters. The van der Waals surface area contributed by atoms with E-state index in [4.69, 9.17) is 0 Å². The summed E-state index contributed by atoms with van der Waals surface area (Å²) in [4.78, 5) is 2.44. The van der Waals surface area contributed by atoms with Gasteiger partial charge >= 0.3 is 0 Å². The number of hydrogen-bond acceptors (Lipinski definition) is 1. The molecule has 0 aromatic rings. The molecule has 15 heavy (non-hydrogen) atoms. The average Bonchev–Trinajstić information content (AvgIpc) is 2.34. The monoisotopic (exact) mass is 207 g/mol. The zero-order chi connectivity index (χ0) is 11.1. The Morgan fingerprint density at radius 2 is 1.87 bits per heavy atom. The van der Waals surface area contributed by atoms with Gasteiger partial charge in [0.15, 0.2) is 0 Å². The van der Waals surface area contributed by atoms with Gasteiger partial charge in [-0.05, 0) is 51.7 Å². The van der Waals surface area contributed by atoms with Crippen LogP contribution >= 0.6 is 0 Å². The Bertz CT molecular complexity index is 219. The molecular formula is C14H25N. The van der Waals surface area contributed by atoms with Crippen molar-refractivity contribution >= 4 is 0 Å². The van der Waals surface area contributed by atoms with Gasteiger partial charge in [0.05, 0.1) is 0 Å². The Morgan fingerprint density at radius 1 is 1.20 bits per heavy atom. The van der Waals surface area contributed by atoms with Crippen LogP contribution < -0.4 is 0 Å². The summed E-state index contributed by atoms with van der Waals surface area (Å²) in [5.41, 5.74) is 1.70. The second-order valence-corrected chi connectivity index (χ2v) is 4.29. The van der Waals surface area contributed by atoms with Crippen LogP contribution in [0.3, 0.4) is 0 Å². The second-order valence-electron chi connectivity index (χ2n) is 4.29. The van der Waals surface area contributed by atoms with Gasteiger partial charge in [0.2, 0.25) is 0 Å². The third-order valence-corrected chi connectivity index (χ3v) is 3.29. The first-order valence-electron chi connectivity index (χ1n) is 6.40. The number of nitrogens with zero attached hydrogens (tertiary/aromatic N) is 1. The van der Waals surface area contributed by atoms with Gasteiger partial charge in [-0.2, -0.15) is 0 Å². The Hall–Kier alpha value is -0.560. The molecule has 86 valence electrons. The summed E-state index contributed by atoms with van der Waals surface area (Å²) in [5.74, 6) is 0.890. The van der Waals surface area contributed by atoms with Crippen LogP contribution in [-0.4, -0.2) is 25.0 Å². The minimum absolute atomic E-state index is 0.890. The highest BCUT2D eigenvalue weighted by Gasteiger charge is 2.19. The van der Waals surface area contributed by atoms with E-state index < -0.39 is 0 Å². The van der Waals surface area contributed by atoms with E-state index in [-0.39, 0.29) is 0 Å². The van der Waals surface area contributed by atoms with Crippen LogP contribution in [0.2, 0.25) is 0 Å².